The van der Waals surface area contributed by atoms with E-state index in [0.717, 1.165) is 5.69 Å². The third-order valence-electron chi connectivity index (χ3n) is 4.94. The van der Waals surface area contributed by atoms with Gasteiger partial charge in [-0.2, -0.15) is 4.99 Å². The van der Waals surface area contributed by atoms with E-state index in [2.05, 4.69) is 4.99 Å². The zero-order chi connectivity index (χ0) is 18.5. The minimum absolute atomic E-state index is 0.0651. The fraction of sp³-hybridized carbons (Fsp3) is 0.529. The molecule has 0 bridgehead atoms. The van der Waals surface area contributed by atoms with Gasteiger partial charge >= 0.3 is 0 Å². The molecule has 26 heavy (non-hydrogen) atoms. The number of amidine groups is 1. The van der Waals surface area contributed by atoms with Gasteiger partial charge in [0.15, 0.2) is 26.5 Å². The molecule has 3 atom stereocenters. The number of ether oxygens (including phenoxy) is 2. The summed E-state index contributed by atoms with van der Waals surface area (Å²) in [6.45, 7) is 3.96. The number of carbonyl (C=O) groups is 1. The van der Waals surface area contributed by atoms with Crippen LogP contribution in [0.5, 0.6) is 11.5 Å². The van der Waals surface area contributed by atoms with E-state index in [9.17, 15) is 13.2 Å². The van der Waals surface area contributed by atoms with E-state index in [1.54, 1.807) is 6.07 Å². The molecular weight excluding hydrogens is 376 g/mol. The van der Waals surface area contributed by atoms with E-state index in [0.29, 0.717) is 23.1 Å². The van der Waals surface area contributed by atoms with Crippen LogP contribution in [0.4, 0.5) is 5.69 Å². The molecule has 9 heteroatoms. The van der Waals surface area contributed by atoms with Crippen molar-refractivity contribution in [1.29, 1.82) is 0 Å². The van der Waals surface area contributed by atoms with E-state index in [-0.39, 0.29) is 41.4 Å². The van der Waals surface area contributed by atoms with Crippen molar-refractivity contribution in [1.82, 2.24) is 0 Å². The summed E-state index contributed by atoms with van der Waals surface area (Å²) >= 11 is 1.38. The van der Waals surface area contributed by atoms with Gasteiger partial charge in [0.2, 0.25) is 6.79 Å². The Morgan fingerprint density at radius 1 is 1.35 bits per heavy atom. The second-order valence-electron chi connectivity index (χ2n) is 6.75. The summed E-state index contributed by atoms with van der Waals surface area (Å²) < 4.78 is 35.0. The first-order valence-corrected chi connectivity index (χ1v) is 11.3. The number of rotatable bonds is 3. The Labute approximate surface area is 156 Å². The molecule has 0 aromatic heterocycles. The molecule has 7 nitrogen and oxygen atoms in total. The smallest absolute Gasteiger partial charge is 0.250 e. The van der Waals surface area contributed by atoms with Gasteiger partial charge in [-0.3, -0.25) is 4.79 Å². The van der Waals surface area contributed by atoms with Crippen LogP contribution in [0.2, 0.25) is 0 Å². The van der Waals surface area contributed by atoms with Crippen LogP contribution in [-0.2, 0) is 14.6 Å². The van der Waals surface area contributed by atoms with Gasteiger partial charge < -0.3 is 14.4 Å². The third kappa shape index (κ3) is 3.07. The average molecular weight is 396 g/mol. The highest BCUT2D eigenvalue weighted by molar-refractivity contribution is 8.16. The van der Waals surface area contributed by atoms with E-state index in [1.165, 1.54) is 11.8 Å². The molecule has 0 spiro atoms. The second kappa shape index (κ2) is 6.45. The SMILES string of the molecule is CC[C@@H](C)C(=O)N=C1S[C@H]2CS(=O)(=O)C[C@H]2N1c1ccc2c(c1)OCO2. The van der Waals surface area contributed by atoms with E-state index in [4.69, 9.17) is 9.47 Å². The third-order valence-corrected chi connectivity index (χ3v) is 8.15. The highest BCUT2D eigenvalue weighted by atomic mass is 32.2. The summed E-state index contributed by atoms with van der Waals surface area (Å²) in [5.74, 6) is 1.11. The number of thioether (sulfide) groups is 1. The molecule has 0 radical (unpaired) electrons. The second-order valence-corrected chi connectivity index (χ2v) is 10.1. The molecule has 2 fully saturated rings. The molecule has 4 rings (SSSR count). The molecule has 3 aliphatic rings. The molecule has 1 aromatic rings. The van der Waals surface area contributed by atoms with Gasteiger partial charge in [0, 0.05) is 22.9 Å². The molecule has 3 aliphatic heterocycles. The summed E-state index contributed by atoms with van der Waals surface area (Å²) in [6.07, 6.45) is 0.714. The van der Waals surface area contributed by atoms with Crippen LogP contribution in [0.25, 0.3) is 0 Å². The van der Waals surface area contributed by atoms with Gasteiger partial charge in [-0.1, -0.05) is 25.6 Å². The molecule has 0 unspecified atom stereocenters. The first-order valence-electron chi connectivity index (χ1n) is 8.56. The number of anilines is 1. The molecule has 0 aliphatic carbocycles. The predicted molar refractivity (Wildman–Crippen MR) is 101 cm³/mol. The van der Waals surface area contributed by atoms with Crippen molar-refractivity contribution >= 4 is 38.4 Å². The van der Waals surface area contributed by atoms with Crippen LogP contribution in [0.1, 0.15) is 20.3 Å². The maximum absolute atomic E-state index is 12.4. The Morgan fingerprint density at radius 2 is 2.12 bits per heavy atom. The number of hydrogen-bond acceptors (Lipinski definition) is 6. The molecular formula is C17H20N2O5S2. The number of sulfone groups is 1. The predicted octanol–water partition coefficient (Wildman–Crippen LogP) is 2.06. The quantitative estimate of drug-likeness (QED) is 0.773. The van der Waals surface area contributed by atoms with E-state index < -0.39 is 9.84 Å². The number of fused-ring (bicyclic) bond motifs is 2. The van der Waals surface area contributed by atoms with Crippen LogP contribution in [0.15, 0.2) is 23.2 Å². The zero-order valence-corrected chi connectivity index (χ0v) is 16.2. The maximum Gasteiger partial charge on any atom is 0.250 e. The van der Waals surface area contributed by atoms with Crippen molar-refractivity contribution in [2.75, 3.05) is 23.2 Å². The number of nitrogens with zero attached hydrogens (tertiary/aromatic N) is 2. The molecule has 1 aromatic carbocycles. The Hall–Kier alpha value is -1.74. The van der Waals surface area contributed by atoms with Crippen molar-refractivity contribution in [2.24, 2.45) is 10.9 Å². The van der Waals surface area contributed by atoms with Crippen LogP contribution in [0.3, 0.4) is 0 Å². The van der Waals surface area contributed by atoms with E-state index >= 15 is 0 Å². The lowest BCUT2D eigenvalue weighted by Crippen LogP contribution is -2.37. The highest BCUT2D eigenvalue weighted by Crippen LogP contribution is 2.44. The Bertz CT molecular complexity index is 883. The largest absolute Gasteiger partial charge is 0.454 e. The molecule has 140 valence electrons. The zero-order valence-electron chi connectivity index (χ0n) is 14.5. The lowest BCUT2D eigenvalue weighted by molar-refractivity contribution is -0.121. The minimum atomic E-state index is -3.09. The van der Waals surface area contributed by atoms with Crippen molar-refractivity contribution in [3.05, 3.63) is 18.2 Å². The van der Waals surface area contributed by atoms with Crippen molar-refractivity contribution < 1.29 is 22.7 Å². The standard InChI is InChI=1S/C17H20N2O5S2/c1-3-10(2)16(20)18-17-19(12-7-26(21,22)8-15(12)25-17)11-4-5-13-14(6-11)24-9-23-13/h4-6,10,12,15H,3,7-9H2,1-2H3/t10-,12-,15+/m1/s1. The molecule has 0 N–H and O–H groups in total. The number of amides is 1. The van der Waals surface area contributed by atoms with Crippen LogP contribution in [-0.4, -0.2) is 49.1 Å². The van der Waals surface area contributed by atoms with Crippen molar-refractivity contribution in [2.45, 2.75) is 31.6 Å². The minimum Gasteiger partial charge on any atom is -0.454 e. The Kier molecular flexibility index (Phi) is 4.38. The van der Waals surface area contributed by atoms with Crippen LogP contribution < -0.4 is 14.4 Å². The maximum atomic E-state index is 12.4. The van der Waals surface area contributed by atoms with Crippen molar-refractivity contribution in [3.8, 4) is 11.5 Å². The number of hydrogen-bond donors (Lipinski definition) is 0. The fourth-order valence-corrected chi connectivity index (χ4v) is 7.20. The monoisotopic (exact) mass is 396 g/mol. The molecule has 3 heterocycles. The summed E-state index contributed by atoms with van der Waals surface area (Å²) in [6, 6.07) is 5.24. The summed E-state index contributed by atoms with van der Waals surface area (Å²) in [7, 11) is -3.09. The normalized spacial score (nSPS) is 28.4. The summed E-state index contributed by atoms with van der Waals surface area (Å²) in [4.78, 5) is 18.6. The first kappa shape index (κ1) is 17.7. The number of carbonyl (C=O) groups excluding carboxylic acids is 1. The van der Waals surface area contributed by atoms with Crippen LogP contribution >= 0.6 is 11.8 Å². The summed E-state index contributed by atoms with van der Waals surface area (Å²) in [5, 5.41) is 0.452. The number of benzene rings is 1. The van der Waals surface area contributed by atoms with Crippen molar-refractivity contribution in [3.63, 3.8) is 0 Å². The Morgan fingerprint density at radius 3 is 2.88 bits per heavy atom. The lowest BCUT2D eigenvalue weighted by Gasteiger charge is -2.24. The molecule has 0 saturated carbocycles. The fourth-order valence-electron chi connectivity index (χ4n) is 3.28. The van der Waals surface area contributed by atoms with Gasteiger partial charge in [-0.05, 0) is 18.6 Å². The number of aliphatic imine (C=N–C) groups is 1. The lowest BCUT2D eigenvalue weighted by atomic mass is 10.1. The topological polar surface area (TPSA) is 85.3 Å². The Balaban J connectivity index is 1.73. The van der Waals surface area contributed by atoms with Gasteiger partial charge in [-0.25, -0.2) is 8.42 Å². The van der Waals surface area contributed by atoms with Gasteiger partial charge in [-0.15, -0.1) is 0 Å². The highest BCUT2D eigenvalue weighted by Gasteiger charge is 2.49. The van der Waals surface area contributed by atoms with Gasteiger partial charge in [0.1, 0.15) is 0 Å². The van der Waals surface area contributed by atoms with E-state index in [1.807, 2.05) is 30.9 Å². The summed E-state index contributed by atoms with van der Waals surface area (Å²) in [5.41, 5.74) is 0.766. The van der Waals surface area contributed by atoms with Gasteiger partial charge in [0.25, 0.3) is 5.91 Å². The molecule has 2 saturated heterocycles. The molecule has 1 amide bonds. The van der Waals surface area contributed by atoms with Gasteiger partial charge in [0.05, 0.1) is 17.5 Å². The average Bonchev–Trinajstić information content (AvgIpc) is 3.25. The van der Waals surface area contributed by atoms with Crippen LogP contribution in [0, 0.1) is 5.92 Å². The first-order chi connectivity index (χ1) is 12.4.